The fraction of sp³-hybridized carbons (Fsp3) is 0.312. The maximum Gasteiger partial charge on any atom is 0.174 e. The standard InChI is InChI=1S/C16H18N2OS/c1-11-10-16(13(3)20-11)12(2)18-14-4-6-15(7-5-14)19-9-8-17/h4-7,10,12,18H,9H2,1-3H3. The molecule has 2 aromatic rings. The van der Waals surface area contributed by atoms with Crippen LogP contribution >= 0.6 is 11.3 Å². The van der Waals surface area contributed by atoms with E-state index in [1.54, 1.807) is 0 Å². The molecule has 0 radical (unpaired) electrons. The van der Waals surface area contributed by atoms with Crippen LogP contribution < -0.4 is 10.1 Å². The lowest BCUT2D eigenvalue weighted by atomic mass is 10.1. The van der Waals surface area contributed by atoms with Crippen LogP contribution in [0.15, 0.2) is 30.3 Å². The lowest BCUT2D eigenvalue weighted by molar-refractivity contribution is 0.368. The second-order valence-electron chi connectivity index (χ2n) is 4.71. The third-order valence-corrected chi connectivity index (χ3v) is 4.07. The summed E-state index contributed by atoms with van der Waals surface area (Å²) in [5.41, 5.74) is 2.39. The molecule has 20 heavy (non-hydrogen) atoms. The van der Waals surface area contributed by atoms with Crippen molar-refractivity contribution in [3.63, 3.8) is 0 Å². The third-order valence-electron chi connectivity index (χ3n) is 3.09. The van der Waals surface area contributed by atoms with E-state index in [-0.39, 0.29) is 12.6 Å². The number of hydrogen-bond acceptors (Lipinski definition) is 4. The summed E-state index contributed by atoms with van der Waals surface area (Å²) in [5, 5.41) is 12.0. The summed E-state index contributed by atoms with van der Waals surface area (Å²) in [6.07, 6.45) is 0. The highest BCUT2D eigenvalue weighted by molar-refractivity contribution is 7.12. The lowest BCUT2D eigenvalue weighted by Crippen LogP contribution is -2.06. The first-order valence-electron chi connectivity index (χ1n) is 6.53. The molecule has 1 unspecified atom stereocenters. The van der Waals surface area contributed by atoms with Gasteiger partial charge in [-0.05, 0) is 56.7 Å². The van der Waals surface area contributed by atoms with Gasteiger partial charge in [0.15, 0.2) is 6.61 Å². The fourth-order valence-electron chi connectivity index (χ4n) is 2.17. The van der Waals surface area contributed by atoms with E-state index in [9.17, 15) is 0 Å². The number of nitrogens with one attached hydrogen (secondary N) is 1. The van der Waals surface area contributed by atoms with Gasteiger partial charge in [-0.25, -0.2) is 0 Å². The quantitative estimate of drug-likeness (QED) is 0.883. The number of thiophene rings is 1. The number of aryl methyl sites for hydroxylation is 2. The summed E-state index contributed by atoms with van der Waals surface area (Å²) in [7, 11) is 0. The van der Waals surface area contributed by atoms with Gasteiger partial charge in [-0.3, -0.25) is 0 Å². The number of hydrogen-bond donors (Lipinski definition) is 1. The zero-order chi connectivity index (χ0) is 14.5. The van der Waals surface area contributed by atoms with Crippen LogP contribution in [0.4, 0.5) is 5.69 Å². The molecule has 0 aliphatic heterocycles. The number of nitrogens with zero attached hydrogens (tertiary/aromatic N) is 1. The summed E-state index contributed by atoms with van der Waals surface area (Å²) < 4.78 is 5.23. The Bertz CT molecular complexity index is 610. The normalized spacial score (nSPS) is 11.7. The van der Waals surface area contributed by atoms with E-state index in [4.69, 9.17) is 10.00 Å². The van der Waals surface area contributed by atoms with E-state index in [0.717, 1.165) is 5.69 Å². The van der Waals surface area contributed by atoms with Crippen LogP contribution in [0.3, 0.4) is 0 Å². The van der Waals surface area contributed by atoms with E-state index >= 15 is 0 Å². The molecule has 4 heteroatoms. The summed E-state index contributed by atoms with van der Waals surface area (Å²) in [6, 6.07) is 12.2. The number of ether oxygens (including phenoxy) is 1. The minimum absolute atomic E-state index is 0.0799. The van der Waals surface area contributed by atoms with E-state index < -0.39 is 0 Å². The molecule has 3 nitrogen and oxygen atoms in total. The topological polar surface area (TPSA) is 45.0 Å². The monoisotopic (exact) mass is 286 g/mol. The summed E-state index contributed by atoms with van der Waals surface area (Å²) >= 11 is 1.83. The maximum atomic E-state index is 8.47. The molecule has 1 N–H and O–H groups in total. The van der Waals surface area contributed by atoms with Gasteiger partial charge >= 0.3 is 0 Å². The first-order valence-corrected chi connectivity index (χ1v) is 7.35. The largest absolute Gasteiger partial charge is 0.479 e. The molecule has 1 atom stereocenters. The Balaban J connectivity index is 2.03. The Morgan fingerprint density at radius 2 is 2.00 bits per heavy atom. The van der Waals surface area contributed by atoms with Gasteiger partial charge in [0, 0.05) is 21.5 Å². The van der Waals surface area contributed by atoms with Crippen LogP contribution in [-0.4, -0.2) is 6.61 Å². The van der Waals surface area contributed by atoms with Gasteiger partial charge in [-0.15, -0.1) is 11.3 Å². The molecule has 0 aliphatic carbocycles. The zero-order valence-corrected chi connectivity index (χ0v) is 12.8. The van der Waals surface area contributed by atoms with Crippen LogP contribution in [0.25, 0.3) is 0 Å². The first-order chi connectivity index (χ1) is 9.60. The minimum Gasteiger partial charge on any atom is -0.479 e. The molecule has 2 rings (SSSR count). The van der Waals surface area contributed by atoms with Crippen LogP contribution in [0.2, 0.25) is 0 Å². The second-order valence-corrected chi connectivity index (χ2v) is 6.17. The van der Waals surface area contributed by atoms with Crippen molar-refractivity contribution in [2.45, 2.75) is 26.8 Å². The van der Waals surface area contributed by atoms with Gasteiger partial charge in [0.1, 0.15) is 11.8 Å². The molecule has 1 aromatic carbocycles. The van der Waals surface area contributed by atoms with Crippen molar-refractivity contribution in [1.82, 2.24) is 0 Å². The lowest BCUT2D eigenvalue weighted by Gasteiger charge is -2.15. The molecule has 0 saturated carbocycles. The van der Waals surface area contributed by atoms with Crippen LogP contribution in [0, 0.1) is 25.2 Å². The van der Waals surface area contributed by atoms with E-state index in [1.807, 2.05) is 41.7 Å². The number of anilines is 1. The van der Waals surface area contributed by atoms with Gasteiger partial charge in [0.25, 0.3) is 0 Å². The Morgan fingerprint density at radius 1 is 1.30 bits per heavy atom. The number of nitriles is 1. The van der Waals surface area contributed by atoms with Gasteiger partial charge in [0.2, 0.25) is 0 Å². The molecule has 1 heterocycles. The number of benzene rings is 1. The molecule has 1 aromatic heterocycles. The molecule has 0 bridgehead atoms. The van der Waals surface area contributed by atoms with E-state index in [0.29, 0.717) is 5.75 Å². The molecule has 104 valence electrons. The summed E-state index contributed by atoms with van der Waals surface area (Å²) in [4.78, 5) is 2.70. The van der Waals surface area contributed by atoms with Crippen molar-refractivity contribution < 1.29 is 4.74 Å². The van der Waals surface area contributed by atoms with Gasteiger partial charge < -0.3 is 10.1 Å². The molecule has 0 amide bonds. The Labute approximate surface area is 123 Å². The summed E-state index contributed by atoms with van der Waals surface area (Å²) in [5.74, 6) is 0.715. The predicted molar refractivity (Wildman–Crippen MR) is 83.4 cm³/mol. The van der Waals surface area contributed by atoms with Crippen LogP contribution in [0.5, 0.6) is 5.75 Å². The second kappa shape index (κ2) is 6.44. The van der Waals surface area contributed by atoms with Crippen molar-refractivity contribution in [3.05, 3.63) is 45.6 Å². The van der Waals surface area contributed by atoms with E-state index in [1.165, 1.54) is 15.3 Å². The van der Waals surface area contributed by atoms with Crippen LogP contribution in [-0.2, 0) is 0 Å². The highest BCUT2D eigenvalue weighted by Gasteiger charge is 2.11. The van der Waals surface area contributed by atoms with Crippen molar-refractivity contribution in [1.29, 1.82) is 5.26 Å². The van der Waals surface area contributed by atoms with Crippen molar-refractivity contribution >= 4 is 17.0 Å². The minimum atomic E-state index is 0.0799. The van der Waals surface area contributed by atoms with Crippen molar-refractivity contribution in [3.8, 4) is 11.8 Å². The molecule has 0 fully saturated rings. The fourth-order valence-corrected chi connectivity index (χ4v) is 3.19. The molecular weight excluding hydrogens is 268 g/mol. The SMILES string of the molecule is Cc1cc(C(C)Nc2ccc(OCC#N)cc2)c(C)s1. The molecular formula is C16H18N2OS. The molecule has 0 aliphatic rings. The van der Waals surface area contributed by atoms with Crippen molar-refractivity contribution in [2.24, 2.45) is 0 Å². The predicted octanol–water partition coefficient (Wildman–Crippen LogP) is 4.44. The third kappa shape index (κ3) is 3.52. The smallest absolute Gasteiger partial charge is 0.174 e. The number of rotatable bonds is 5. The average molecular weight is 286 g/mol. The van der Waals surface area contributed by atoms with Gasteiger partial charge in [0.05, 0.1) is 0 Å². The first kappa shape index (κ1) is 14.4. The Morgan fingerprint density at radius 3 is 2.55 bits per heavy atom. The summed E-state index contributed by atoms with van der Waals surface area (Å²) in [6.45, 7) is 6.53. The average Bonchev–Trinajstić information content (AvgIpc) is 2.77. The van der Waals surface area contributed by atoms with Gasteiger partial charge in [-0.2, -0.15) is 5.26 Å². The Hall–Kier alpha value is -1.99. The Kier molecular flexibility index (Phi) is 4.65. The molecule has 0 saturated heterocycles. The van der Waals surface area contributed by atoms with E-state index in [2.05, 4.69) is 32.2 Å². The van der Waals surface area contributed by atoms with Crippen LogP contribution in [0.1, 0.15) is 28.3 Å². The highest BCUT2D eigenvalue weighted by Crippen LogP contribution is 2.29. The van der Waals surface area contributed by atoms with Gasteiger partial charge in [-0.1, -0.05) is 0 Å². The maximum absolute atomic E-state index is 8.47. The highest BCUT2D eigenvalue weighted by atomic mass is 32.1. The zero-order valence-electron chi connectivity index (χ0n) is 11.9. The molecule has 0 spiro atoms. The van der Waals surface area contributed by atoms with Crippen molar-refractivity contribution in [2.75, 3.05) is 11.9 Å².